The molecular formula is C18H25FN2O2. The second-order valence-electron chi connectivity index (χ2n) is 6.79. The molecule has 3 rings (SSSR count). The van der Waals surface area contributed by atoms with Crippen LogP contribution in [0.2, 0.25) is 0 Å². The smallest absolute Gasteiger partial charge is 0.223 e. The molecule has 1 N–H and O–H groups in total. The standard InChI is InChI=1S/C18H25FN2O2/c1-12-10-21(11-13(2)23-12)17-7-6-14(8-16(17)19)9-20-18(22)15-4-3-5-15/h6-8,12-13,15H,3-5,9-11H2,1-2H3,(H,20,22)/t12-,13-/m0/s1. The first kappa shape index (κ1) is 16.2. The van der Waals surface area contributed by atoms with Gasteiger partial charge in [0.05, 0.1) is 17.9 Å². The van der Waals surface area contributed by atoms with Crippen molar-refractivity contribution in [3.8, 4) is 0 Å². The van der Waals surface area contributed by atoms with E-state index in [-0.39, 0.29) is 29.9 Å². The summed E-state index contributed by atoms with van der Waals surface area (Å²) in [5.41, 5.74) is 1.41. The largest absolute Gasteiger partial charge is 0.372 e. The van der Waals surface area contributed by atoms with Gasteiger partial charge in [0.2, 0.25) is 5.91 Å². The molecule has 0 unspecified atom stereocenters. The average molecular weight is 320 g/mol. The van der Waals surface area contributed by atoms with Crippen molar-refractivity contribution in [1.82, 2.24) is 5.32 Å². The first-order valence-corrected chi connectivity index (χ1v) is 8.49. The van der Waals surface area contributed by atoms with Crippen LogP contribution in [0, 0.1) is 11.7 Å². The number of anilines is 1. The van der Waals surface area contributed by atoms with Crippen LogP contribution in [0.3, 0.4) is 0 Å². The topological polar surface area (TPSA) is 41.6 Å². The molecule has 1 aliphatic heterocycles. The molecule has 1 saturated heterocycles. The van der Waals surface area contributed by atoms with Crippen molar-refractivity contribution in [2.45, 2.75) is 51.9 Å². The molecule has 2 atom stereocenters. The number of rotatable bonds is 4. The van der Waals surface area contributed by atoms with E-state index in [1.807, 2.05) is 30.9 Å². The number of ether oxygens (including phenoxy) is 1. The molecule has 1 aromatic carbocycles. The van der Waals surface area contributed by atoms with E-state index in [4.69, 9.17) is 4.74 Å². The average Bonchev–Trinajstić information content (AvgIpc) is 2.42. The van der Waals surface area contributed by atoms with E-state index in [1.165, 1.54) is 6.07 Å². The van der Waals surface area contributed by atoms with Crippen LogP contribution in [0.4, 0.5) is 10.1 Å². The fourth-order valence-corrected chi connectivity index (χ4v) is 3.30. The third-order valence-corrected chi connectivity index (χ3v) is 4.72. The zero-order valence-electron chi connectivity index (χ0n) is 13.8. The summed E-state index contributed by atoms with van der Waals surface area (Å²) < 4.78 is 20.1. The second kappa shape index (κ2) is 6.87. The van der Waals surface area contributed by atoms with Gasteiger partial charge in [-0.05, 0) is 44.4 Å². The zero-order chi connectivity index (χ0) is 16.4. The summed E-state index contributed by atoms with van der Waals surface area (Å²) >= 11 is 0. The van der Waals surface area contributed by atoms with Gasteiger partial charge in [-0.15, -0.1) is 0 Å². The van der Waals surface area contributed by atoms with Gasteiger partial charge in [-0.1, -0.05) is 12.5 Å². The summed E-state index contributed by atoms with van der Waals surface area (Å²) in [5.74, 6) is 0.0219. The van der Waals surface area contributed by atoms with E-state index in [0.717, 1.165) is 24.8 Å². The highest BCUT2D eigenvalue weighted by Crippen LogP contribution is 2.27. The number of carbonyl (C=O) groups is 1. The molecule has 0 bridgehead atoms. The van der Waals surface area contributed by atoms with Gasteiger partial charge in [-0.25, -0.2) is 4.39 Å². The second-order valence-corrected chi connectivity index (χ2v) is 6.79. The number of carbonyl (C=O) groups excluding carboxylic acids is 1. The molecule has 0 radical (unpaired) electrons. The Kier molecular flexibility index (Phi) is 4.85. The maximum absolute atomic E-state index is 14.5. The number of amides is 1. The summed E-state index contributed by atoms with van der Waals surface area (Å²) in [6.45, 7) is 5.79. The molecule has 0 spiro atoms. The Bertz CT molecular complexity index is 564. The van der Waals surface area contributed by atoms with Crippen LogP contribution in [-0.4, -0.2) is 31.2 Å². The summed E-state index contributed by atoms with van der Waals surface area (Å²) in [7, 11) is 0. The van der Waals surface area contributed by atoms with Gasteiger partial charge >= 0.3 is 0 Å². The van der Waals surface area contributed by atoms with Gasteiger partial charge in [-0.2, -0.15) is 0 Å². The Hall–Kier alpha value is -1.62. The molecule has 1 aromatic rings. The summed E-state index contributed by atoms with van der Waals surface area (Å²) in [4.78, 5) is 13.9. The number of nitrogens with zero attached hydrogens (tertiary/aromatic N) is 1. The van der Waals surface area contributed by atoms with Crippen LogP contribution in [0.15, 0.2) is 18.2 Å². The van der Waals surface area contributed by atoms with Crippen molar-refractivity contribution in [2.24, 2.45) is 5.92 Å². The van der Waals surface area contributed by atoms with Crippen LogP contribution in [0.1, 0.15) is 38.7 Å². The molecule has 0 aromatic heterocycles. The van der Waals surface area contributed by atoms with Crippen LogP contribution in [0.5, 0.6) is 0 Å². The van der Waals surface area contributed by atoms with E-state index < -0.39 is 0 Å². The van der Waals surface area contributed by atoms with Gasteiger partial charge in [0.25, 0.3) is 0 Å². The Morgan fingerprint density at radius 2 is 2.00 bits per heavy atom. The molecule has 2 fully saturated rings. The Labute approximate surface area is 137 Å². The molecule has 1 aliphatic carbocycles. The molecule has 1 saturated carbocycles. The Balaban J connectivity index is 1.62. The molecule has 2 aliphatic rings. The Morgan fingerprint density at radius 3 is 2.57 bits per heavy atom. The fraction of sp³-hybridized carbons (Fsp3) is 0.611. The number of hydrogen-bond acceptors (Lipinski definition) is 3. The van der Waals surface area contributed by atoms with Gasteiger partial charge in [0.15, 0.2) is 0 Å². The van der Waals surface area contributed by atoms with Gasteiger partial charge in [-0.3, -0.25) is 4.79 Å². The normalized spacial score (nSPS) is 25.1. The molecular weight excluding hydrogens is 295 g/mol. The van der Waals surface area contributed by atoms with E-state index >= 15 is 0 Å². The minimum atomic E-state index is -0.235. The van der Waals surface area contributed by atoms with E-state index in [0.29, 0.717) is 25.3 Å². The first-order chi connectivity index (χ1) is 11.0. The molecule has 126 valence electrons. The predicted octanol–water partition coefficient (Wildman–Crippen LogP) is 2.86. The van der Waals surface area contributed by atoms with Crippen molar-refractivity contribution >= 4 is 11.6 Å². The third-order valence-electron chi connectivity index (χ3n) is 4.72. The highest BCUT2D eigenvalue weighted by Gasteiger charge is 2.26. The van der Waals surface area contributed by atoms with Gasteiger partial charge in [0, 0.05) is 25.6 Å². The zero-order valence-corrected chi connectivity index (χ0v) is 13.8. The summed E-state index contributed by atoms with van der Waals surface area (Å²) in [5, 5.41) is 2.90. The SMILES string of the molecule is C[C@H]1CN(c2ccc(CNC(=O)C3CCC3)cc2F)C[C@H](C)O1. The Morgan fingerprint density at radius 1 is 1.30 bits per heavy atom. The van der Waals surface area contributed by atoms with Crippen molar-refractivity contribution < 1.29 is 13.9 Å². The van der Waals surface area contributed by atoms with E-state index in [9.17, 15) is 9.18 Å². The van der Waals surface area contributed by atoms with Crippen molar-refractivity contribution in [1.29, 1.82) is 0 Å². The van der Waals surface area contributed by atoms with Crippen LogP contribution in [0.25, 0.3) is 0 Å². The molecule has 1 heterocycles. The lowest BCUT2D eigenvalue weighted by molar-refractivity contribution is -0.127. The van der Waals surface area contributed by atoms with Gasteiger partial charge < -0.3 is 15.0 Å². The third kappa shape index (κ3) is 3.83. The van der Waals surface area contributed by atoms with Crippen LogP contribution in [-0.2, 0) is 16.1 Å². The van der Waals surface area contributed by atoms with Crippen LogP contribution >= 0.6 is 0 Å². The molecule has 5 heteroatoms. The highest BCUT2D eigenvalue weighted by atomic mass is 19.1. The van der Waals surface area contributed by atoms with Crippen LogP contribution < -0.4 is 10.2 Å². The summed E-state index contributed by atoms with van der Waals surface area (Å²) in [6.07, 6.45) is 3.29. The number of hydrogen-bond donors (Lipinski definition) is 1. The van der Waals surface area contributed by atoms with Crippen molar-refractivity contribution in [3.05, 3.63) is 29.6 Å². The molecule has 4 nitrogen and oxygen atoms in total. The lowest BCUT2D eigenvalue weighted by Crippen LogP contribution is -2.45. The maximum Gasteiger partial charge on any atom is 0.223 e. The predicted molar refractivity (Wildman–Crippen MR) is 87.8 cm³/mol. The van der Waals surface area contributed by atoms with Gasteiger partial charge in [0.1, 0.15) is 5.82 Å². The first-order valence-electron chi connectivity index (χ1n) is 8.49. The number of morpholine rings is 1. The number of halogens is 1. The number of nitrogens with one attached hydrogen (secondary N) is 1. The molecule has 1 amide bonds. The summed E-state index contributed by atoms with van der Waals surface area (Å²) in [6, 6.07) is 5.23. The minimum absolute atomic E-state index is 0.0940. The quantitative estimate of drug-likeness (QED) is 0.927. The van der Waals surface area contributed by atoms with Crippen molar-refractivity contribution in [2.75, 3.05) is 18.0 Å². The number of benzene rings is 1. The highest BCUT2D eigenvalue weighted by molar-refractivity contribution is 5.79. The lowest BCUT2D eigenvalue weighted by atomic mass is 9.85. The minimum Gasteiger partial charge on any atom is -0.372 e. The fourth-order valence-electron chi connectivity index (χ4n) is 3.30. The van der Waals surface area contributed by atoms with E-state index in [1.54, 1.807) is 0 Å². The monoisotopic (exact) mass is 320 g/mol. The van der Waals surface area contributed by atoms with E-state index in [2.05, 4.69) is 5.32 Å². The lowest BCUT2D eigenvalue weighted by Gasteiger charge is -2.37. The maximum atomic E-state index is 14.5. The van der Waals surface area contributed by atoms with Crippen molar-refractivity contribution in [3.63, 3.8) is 0 Å². The molecule has 23 heavy (non-hydrogen) atoms.